The molecule has 1 saturated heterocycles. The van der Waals surface area contributed by atoms with Crippen LogP contribution in [0.1, 0.15) is 17.1 Å². The summed E-state index contributed by atoms with van der Waals surface area (Å²) in [6.45, 7) is 4.32. The van der Waals surface area contributed by atoms with Crippen LogP contribution >= 0.6 is 11.8 Å². The number of aromatic nitrogens is 2. The minimum atomic E-state index is -0.382. The van der Waals surface area contributed by atoms with Gasteiger partial charge < -0.3 is 4.74 Å². The van der Waals surface area contributed by atoms with Crippen molar-refractivity contribution < 1.29 is 14.3 Å². The highest BCUT2D eigenvalue weighted by molar-refractivity contribution is 8.18. The Kier molecular flexibility index (Phi) is 5.22. The zero-order valence-electron chi connectivity index (χ0n) is 14.3. The first-order valence-electron chi connectivity index (χ1n) is 7.95. The second kappa shape index (κ2) is 7.57. The molecule has 2 amide bonds. The smallest absolute Gasteiger partial charge is 0.290 e. The van der Waals surface area contributed by atoms with E-state index in [2.05, 4.69) is 10.3 Å². The summed E-state index contributed by atoms with van der Waals surface area (Å²) in [5, 5.41) is 1.85. The highest BCUT2D eigenvalue weighted by Gasteiger charge is 2.24. The van der Waals surface area contributed by atoms with E-state index in [1.165, 1.54) is 6.07 Å². The minimum absolute atomic E-state index is 0.0949. The monoisotopic (exact) mass is 371 g/mol. The third-order valence-corrected chi connectivity index (χ3v) is 4.54. The van der Waals surface area contributed by atoms with E-state index in [-0.39, 0.29) is 16.7 Å². The number of nitrogens with zero attached hydrogens (tertiary/aromatic N) is 2. The van der Waals surface area contributed by atoms with E-state index < -0.39 is 0 Å². The van der Waals surface area contributed by atoms with E-state index in [0.717, 1.165) is 17.3 Å². The van der Waals surface area contributed by atoms with Crippen molar-refractivity contribution in [1.82, 2.24) is 14.9 Å². The number of aryl methyl sites for hydroxylation is 2. The summed E-state index contributed by atoms with van der Waals surface area (Å²) in [4.78, 5) is 39.3. The van der Waals surface area contributed by atoms with Crippen molar-refractivity contribution in [3.8, 4) is 5.75 Å². The maximum absolute atomic E-state index is 12.0. The Morgan fingerprint density at radius 3 is 2.54 bits per heavy atom. The molecule has 1 fully saturated rings. The maximum atomic E-state index is 12.0. The molecule has 2 aromatic rings. The number of rotatable bonds is 5. The molecule has 0 aliphatic carbocycles. The van der Waals surface area contributed by atoms with Crippen molar-refractivity contribution in [2.75, 3.05) is 6.61 Å². The summed E-state index contributed by atoms with van der Waals surface area (Å²) in [7, 11) is 0. The van der Waals surface area contributed by atoms with Crippen LogP contribution in [-0.2, 0) is 11.3 Å². The number of benzene rings is 1. The molecule has 7 nitrogen and oxygen atoms in total. The Morgan fingerprint density at radius 2 is 1.92 bits per heavy atom. The SMILES string of the molecule is Cc1cc(=O)n(CCOc2ccc(/C=C3\SC(=O)NC3=O)cc2)c(C)n1. The second-order valence-corrected chi connectivity index (χ2v) is 6.72. The first-order valence-corrected chi connectivity index (χ1v) is 8.77. The van der Waals surface area contributed by atoms with Gasteiger partial charge >= 0.3 is 0 Å². The van der Waals surface area contributed by atoms with E-state index >= 15 is 0 Å². The zero-order valence-corrected chi connectivity index (χ0v) is 15.1. The van der Waals surface area contributed by atoms with E-state index in [1.807, 2.05) is 0 Å². The van der Waals surface area contributed by atoms with E-state index in [0.29, 0.717) is 35.3 Å². The summed E-state index contributed by atoms with van der Waals surface area (Å²) in [6, 6.07) is 8.63. The van der Waals surface area contributed by atoms with Gasteiger partial charge in [0.25, 0.3) is 16.7 Å². The number of nitrogens with one attached hydrogen (secondary N) is 1. The lowest BCUT2D eigenvalue weighted by molar-refractivity contribution is -0.115. The Bertz CT molecular complexity index is 948. The van der Waals surface area contributed by atoms with Crippen LogP contribution in [0.15, 0.2) is 40.0 Å². The predicted molar refractivity (Wildman–Crippen MR) is 99.0 cm³/mol. The molecule has 2 heterocycles. The Balaban J connectivity index is 1.60. The molecule has 0 bridgehead atoms. The number of hydrogen-bond acceptors (Lipinski definition) is 6. The lowest BCUT2D eigenvalue weighted by atomic mass is 10.2. The fourth-order valence-electron chi connectivity index (χ4n) is 2.52. The number of thioether (sulfide) groups is 1. The average molecular weight is 371 g/mol. The molecule has 0 radical (unpaired) electrons. The van der Waals surface area contributed by atoms with Crippen molar-refractivity contribution >= 4 is 29.0 Å². The molecule has 26 heavy (non-hydrogen) atoms. The molecule has 0 spiro atoms. The fourth-order valence-corrected chi connectivity index (χ4v) is 3.21. The normalized spacial score (nSPS) is 15.4. The standard InChI is InChI=1S/C18H17N3O4S/c1-11-9-16(22)21(12(2)19-11)7-8-25-14-5-3-13(4-6-14)10-15-17(23)20-18(24)26-15/h3-6,9-10H,7-8H2,1-2H3,(H,20,23,24)/b15-10-. The quantitative estimate of drug-likeness (QED) is 0.811. The van der Waals surface area contributed by atoms with Gasteiger partial charge in [-0.15, -0.1) is 0 Å². The molecule has 0 unspecified atom stereocenters. The van der Waals surface area contributed by atoms with E-state index in [4.69, 9.17) is 4.74 Å². The first kappa shape index (κ1) is 17.9. The van der Waals surface area contributed by atoms with E-state index in [1.54, 1.807) is 48.8 Å². The van der Waals surface area contributed by atoms with Crippen LogP contribution < -0.4 is 15.6 Å². The Hall–Kier alpha value is -2.87. The molecule has 1 aliphatic rings. The topological polar surface area (TPSA) is 90.3 Å². The average Bonchev–Trinajstić information content (AvgIpc) is 2.89. The number of carbonyl (C=O) groups is 2. The minimum Gasteiger partial charge on any atom is -0.492 e. The van der Waals surface area contributed by atoms with Crippen molar-refractivity contribution in [3.05, 3.63) is 62.7 Å². The molecule has 1 aliphatic heterocycles. The summed E-state index contributed by atoms with van der Waals surface area (Å²) in [6.07, 6.45) is 1.65. The van der Waals surface area contributed by atoms with Crippen LogP contribution in [0.25, 0.3) is 6.08 Å². The third kappa shape index (κ3) is 4.20. The van der Waals surface area contributed by atoms with Gasteiger partial charge in [0.2, 0.25) is 0 Å². The van der Waals surface area contributed by atoms with Crippen molar-refractivity contribution in [2.45, 2.75) is 20.4 Å². The lowest BCUT2D eigenvalue weighted by Crippen LogP contribution is -2.26. The number of amides is 2. The van der Waals surface area contributed by atoms with Crippen LogP contribution in [-0.4, -0.2) is 27.3 Å². The number of carbonyl (C=O) groups excluding carboxylic acids is 2. The largest absolute Gasteiger partial charge is 0.492 e. The zero-order chi connectivity index (χ0) is 18.7. The summed E-state index contributed by atoms with van der Waals surface area (Å²) < 4.78 is 7.23. The maximum Gasteiger partial charge on any atom is 0.290 e. The molecule has 1 aromatic carbocycles. The number of hydrogen-bond donors (Lipinski definition) is 1. The molecule has 1 aromatic heterocycles. The van der Waals surface area contributed by atoms with Gasteiger partial charge in [-0.05, 0) is 49.4 Å². The van der Waals surface area contributed by atoms with Gasteiger partial charge in [-0.3, -0.25) is 24.3 Å². The first-order chi connectivity index (χ1) is 12.4. The summed E-state index contributed by atoms with van der Waals surface area (Å²) >= 11 is 0.880. The Morgan fingerprint density at radius 1 is 1.19 bits per heavy atom. The highest BCUT2D eigenvalue weighted by atomic mass is 32.2. The molecular weight excluding hydrogens is 354 g/mol. The highest BCUT2D eigenvalue weighted by Crippen LogP contribution is 2.26. The third-order valence-electron chi connectivity index (χ3n) is 3.73. The van der Waals surface area contributed by atoms with Crippen molar-refractivity contribution in [3.63, 3.8) is 0 Å². The van der Waals surface area contributed by atoms with Gasteiger partial charge in [0.15, 0.2) is 0 Å². The van der Waals surface area contributed by atoms with Crippen molar-refractivity contribution in [2.24, 2.45) is 0 Å². The van der Waals surface area contributed by atoms with E-state index in [9.17, 15) is 14.4 Å². The predicted octanol–water partition coefficient (Wildman–Crippen LogP) is 2.26. The van der Waals surface area contributed by atoms with Crippen LogP contribution in [0.2, 0.25) is 0 Å². The second-order valence-electron chi connectivity index (χ2n) is 5.70. The van der Waals surface area contributed by atoms with Gasteiger partial charge in [-0.2, -0.15) is 0 Å². The molecule has 1 N–H and O–H groups in total. The van der Waals surface area contributed by atoms with Gasteiger partial charge in [0.1, 0.15) is 18.2 Å². The molecular formula is C18H17N3O4S. The molecule has 3 rings (SSSR count). The van der Waals surface area contributed by atoms with Crippen molar-refractivity contribution in [1.29, 1.82) is 0 Å². The molecule has 8 heteroatoms. The fraction of sp³-hybridized carbons (Fsp3) is 0.222. The van der Waals surface area contributed by atoms with Crippen LogP contribution in [0.4, 0.5) is 4.79 Å². The number of ether oxygens (including phenoxy) is 1. The molecule has 134 valence electrons. The van der Waals surface area contributed by atoms with Crippen LogP contribution in [0.5, 0.6) is 5.75 Å². The van der Waals surface area contributed by atoms with Gasteiger partial charge in [-0.1, -0.05) is 12.1 Å². The number of imide groups is 1. The molecule has 0 atom stereocenters. The molecule has 0 saturated carbocycles. The summed E-state index contributed by atoms with van der Waals surface area (Å²) in [5.74, 6) is 0.924. The van der Waals surface area contributed by atoms with Gasteiger partial charge in [0, 0.05) is 11.8 Å². The lowest BCUT2D eigenvalue weighted by Gasteiger charge is -2.11. The van der Waals surface area contributed by atoms with Gasteiger partial charge in [-0.25, -0.2) is 4.98 Å². The van der Waals surface area contributed by atoms with Crippen LogP contribution in [0, 0.1) is 13.8 Å². The Labute approximate surface area is 154 Å². The van der Waals surface area contributed by atoms with Gasteiger partial charge in [0.05, 0.1) is 11.4 Å². The summed E-state index contributed by atoms with van der Waals surface area (Å²) in [5.41, 5.74) is 1.40. The van der Waals surface area contributed by atoms with Crippen LogP contribution in [0.3, 0.4) is 0 Å².